The Bertz CT molecular complexity index is 599. The van der Waals surface area contributed by atoms with E-state index in [9.17, 15) is 0 Å². The van der Waals surface area contributed by atoms with Crippen LogP contribution in [0.5, 0.6) is 11.5 Å². The first-order chi connectivity index (χ1) is 9.28. The summed E-state index contributed by atoms with van der Waals surface area (Å²) in [5, 5.41) is 8.69. The second-order valence-electron chi connectivity index (χ2n) is 4.20. The lowest BCUT2D eigenvalue weighted by Gasteiger charge is -2.02. The third-order valence-corrected chi connectivity index (χ3v) is 3.13. The van der Waals surface area contributed by atoms with Gasteiger partial charge >= 0.3 is 0 Å². The van der Waals surface area contributed by atoms with Crippen LogP contribution in [0.4, 0.5) is 0 Å². The summed E-state index contributed by atoms with van der Waals surface area (Å²) in [4.78, 5) is 0. The lowest BCUT2D eigenvalue weighted by molar-refractivity contribution is 0.174. The normalized spacial score (nSPS) is 12.9. The fourth-order valence-corrected chi connectivity index (χ4v) is 2.17. The van der Waals surface area contributed by atoms with Gasteiger partial charge in [-0.2, -0.15) is 0 Å². The van der Waals surface area contributed by atoms with Gasteiger partial charge in [0.05, 0.1) is 11.2 Å². The van der Waals surface area contributed by atoms with Crippen molar-refractivity contribution in [3.05, 3.63) is 23.4 Å². The zero-order valence-electron chi connectivity index (χ0n) is 10.2. The maximum Gasteiger partial charge on any atom is 0.231 e. The molecule has 1 aromatic carbocycles. The smallest absolute Gasteiger partial charge is 0.231 e. The summed E-state index contributed by atoms with van der Waals surface area (Å²) < 4.78 is 12.4. The van der Waals surface area contributed by atoms with Gasteiger partial charge in [0.25, 0.3) is 0 Å². The van der Waals surface area contributed by atoms with E-state index in [0.717, 1.165) is 24.2 Å². The molecule has 2 heterocycles. The molecule has 2 N–H and O–H groups in total. The van der Waals surface area contributed by atoms with Crippen LogP contribution in [0.25, 0.3) is 11.3 Å². The van der Waals surface area contributed by atoms with E-state index in [1.54, 1.807) is 10.7 Å². The predicted molar refractivity (Wildman–Crippen MR) is 70.3 cm³/mol. The molecule has 6 nitrogen and oxygen atoms in total. The summed E-state index contributed by atoms with van der Waals surface area (Å²) in [6.45, 7) is 1.58. The van der Waals surface area contributed by atoms with Gasteiger partial charge in [-0.05, 0) is 25.1 Å². The molecule has 0 amide bonds. The van der Waals surface area contributed by atoms with Crippen LogP contribution in [-0.4, -0.2) is 28.3 Å². The second-order valence-corrected chi connectivity index (χ2v) is 4.61. The van der Waals surface area contributed by atoms with Gasteiger partial charge in [0.15, 0.2) is 11.5 Å². The van der Waals surface area contributed by atoms with Gasteiger partial charge in [0.2, 0.25) is 6.79 Å². The summed E-state index contributed by atoms with van der Waals surface area (Å²) in [6, 6.07) is 3.65. The van der Waals surface area contributed by atoms with E-state index in [4.69, 9.17) is 26.8 Å². The van der Waals surface area contributed by atoms with Crippen LogP contribution in [0.3, 0.4) is 0 Å². The molecule has 0 saturated heterocycles. The molecule has 0 aliphatic carbocycles. The average Bonchev–Trinajstić information content (AvgIpc) is 3.05. The largest absolute Gasteiger partial charge is 0.454 e. The molecule has 0 spiro atoms. The Morgan fingerprint density at radius 1 is 1.37 bits per heavy atom. The first-order valence-corrected chi connectivity index (χ1v) is 6.35. The van der Waals surface area contributed by atoms with E-state index in [2.05, 4.69) is 10.3 Å². The van der Waals surface area contributed by atoms with Crippen LogP contribution < -0.4 is 15.2 Å². The van der Waals surface area contributed by atoms with Crippen LogP contribution in [0.15, 0.2) is 18.3 Å². The molecule has 0 atom stereocenters. The summed E-state index contributed by atoms with van der Waals surface area (Å²) in [5.74, 6) is 1.22. The number of halogens is 1. The molecule has 0 fully saturated rings. The van der Waals surface area contributed by atoms with Crippen molar-refractivity contribution in [3.8, 4) is 22.8 Å². The molecule has 1 aliphatic heterocycles. The number of nitrogens with two attached hydrogens (primary N) is 1. The first kappa shape index (κ1) is 12.3. The molecule has 2 aromatic rings. The summed E-state index contributed by atoms with van der Waals surface area (Å²) in [7, 11) is 0. The van der Waals surface area contributed by atoms with E-state index in [0.29, 0.717) is 23.1 Å². The highest BCUT2D eigenvalue weighted by atomic mass is 35.5. The maximum absolute atomic E-state index is 6.14. The number of aryl methyl sites for hydroxylation is 1. The van der Waals surface area contributed by atoms with Crippen LogP contribution >= 0.6 is 11.6 Å². The Hall–Kier alpha value is -1.79. The van der Waals surface area contributed by atoms with Crippen LogP contribution in [0.2, 0.25) is 5.02 Å². The van der Waals surface area contributed by atoms with Gasteiger partial charge in [-0.1, -0.05) is 16.8 Å². The van der Waals surface area contributed by atoms with Crippen molar-refractivity contribution >= 4 is 11.6 Å². The van der Waals surface area contributed by atoms with Gasteiger partial charge < -0.3 is 15.2 Å². The highest BCUT2D eigenvalue weighted by molar-refractivity contribution is 6.32. The monoisotopic (exact) mass is 280 g/mol. The maximum atomic E-state index is 6.14. The minimum atomic E-state index is 0.196. The molecule has 0 saturated carbocycles. The lowest BCUT2D eigenvalue weighted by Crippen LogP contribution is -2.06. The molecule has 1 aromatic heterocycles. The number of benzene rings is 1. The first-order valence-electron chi connectivity index (χ1n) is 5.97. The predicted octanol–water partition coefficient (Wildman–Crippen LogP) is 1.68. The Morgan fingerprint density at radius 2 is 2.26 bits per heavy atom. The molecule has 19 heavy (non-hydrogen) atoms. The standard InChI is InChI=1S/C12H13ClN4O2/c13-9-4-8(5-11-12(9)19-7-18-11)10-6-17(16-15-10)3-1-2-14/h4-6H,1-3,7,14H2. The molecule has 0 unspecified atom stereocenters. The highest BCUT2D eigenvalue weighted by Crippen LogP contribution is 2.41. The highest BCUT2D eigenvalue weighted by Gasteiger charge is 2.19. The number of aromatic nitrogens is 3. The zero-order valence-corrected chi connectivity index (χ0v) is 10.9. The summed E-state index contributed by atoms with van der Waals surface area (Å²) in [6.07, 6.45) is 2.73. The van der Waals surface area contributed by atoms with Gasteiger partial charge in [0.1, 0.15) is 5.69 Å². The molecule has 3 rings (SSSR count). The van der Waals surface area contributed by atoms with Crippen LogP contribution in [0, 0.1) is 0 Å². The Kier molecular flexibility index (Phi) is 3.27. The average molecular weight is 281 g/mol. The van der Waals surface area contributed by atoms with Crippen molar-refractivity contribution in [1.82, 2.24) is 15.0 Å². The van der Waals surface area contributed by atoms with E-state index < -0.39 is 0 Å². The van der Waals surface area contributed by atoms with Crippen LogP contribution in [0.1, 0.15) is 6.42 Å². The van der Waals surface area contributed by atoms with Crippen molar-refractivity contribution in [2.45, 2.75) is 13.0 Å². The van der Waals surface area contributed by atoms with E-state index in [-0.39, 0.29) is 6.79 Å². The van der Waals surface area contributed by atoms with Gasteiger partial charge in [-0.25, -0.2) is 0 Å². The lowest BCUT2D eigenvalue weighted by atomic mass is 10.1. The number of fused-ring (bicyclic) bond motifs is 1. The van der Waals surface area contributed by atoms with Crippen molar-refractivity contribution < 1.29 is 9.47 Å². The molecule has 0 radical (unpaired) electrons. The quantitative estimate of drug-likeness (QED) is 0.922. The van der Waals surface area contributed by atoms with Crippen molar-refractivity contribution in [1.29, 1.82) is 0 Å². The molecular formula is C12H13ClN4O2. The topological polar surface area (TPSA) is 75.2 Å². The second kappa shape index (κ2) is 5.07. The third-order valence-electron chi connectivity index (χ3n) is 2.85. The summed E-state index contributed by atoms with van der Waals surface area (Å²) >= 11 is 6.14. The van der Waals surface area contributed by atoms with E-state index in [1.807, 2.05) is 12.3 Å². The number of ether oxygens (including phenoxy) is 2. The number of hydrogen-bond donors (Lipinski definition) is 1. The van der Waals surface area contributed by atoms with Crippen molar-refractivity contribution in [2.75, 3.05) is 13.3 Å². The van der Waals surface area contributed by atoms with Gasteiger partial charge in [-0.3, -0.25) is 4.68 Å². The number of rotatable bonds is 4. The third kappa shape index (κ3) is 2.36. The molecule has 0 bridgehead atoms. The Morgan fingerprint density at radius 3 is 3.11 bits per heavy atom. The fraction of sp³-hybridized carbons (Fsp3) is 0.333. The zero-order chi connectivity index (χ0) is 13.2. The van der Waals surface area contributed by atoms with Gasteiger partial charge in [-0.15, -0.1) is 5.10 Å². The van der Waals surface area contributed by atoms with Crippen LogP contribution in [-0.2, 0) is 6.54 Å². The molecular weight excluding hydrogens is 268 g/mol. The Labute approximate surface area is 115 Å². The molecule has 1 aliphatic rings. The fourth-order valence-electron chi connectivity index (χ4n) is 1.91. The SMILES string of the molecule is NCCCn1cc(-c2cc(Cl)c3c(c2)OCO3)nn1. The van der Waals surface area contributed by atoms with E-state index in [1.165, 1.54) is 0 Å². The van der Waals surface area contributed by atoms with E-state index >= 15 is 0 Å². The summed E-state index contributed by atoms with van der Waals surface area (Å²) in [5.41, 5.74) is 7.07. The molecule has 100 valence electrons. The van der Waals surface area contributed by atoms with Gasteiger partial charge in [0, 0.05) is 12.1 Å². The number of nitrogens with zero attached hydrogens (tertiary/aromatic N) is 3. The Balaban J connectivity index is 1.90. The molecule has 7 heteroatoms. The van der Waals surface area contributed by atoms with Crippen molar-refractivity contribution in [2.24, 2.45) is 5.73 Å². The minimum Gasteiger partial charge on any atom is -0.454 e. The number of hydrogen-bond acceptors (Lipinski definition) is 5. The minimum absolute atomic E-state index is 0.196. The van der Waals surface area contributed by atoms with Crippen molar-refractivity contribution in [3.63, 3.8) is 0 Å².